The summed E-state index contributed by atoms with van der Waals surface area (Å²) >= 11 is 7.69. The van der Waals surface area contributed by atoms with Gasteiger partial charge in [0.2, 0.25) is 0 Å². The number of nitrogens with one attached hydrogen (secondary N) is 4. The van der Waals surface area contributed by atoms with Gasteiger partial charge in [0, 0.05) is 20.3 Å². The molecule has 12 heteroatoms. The lowest BCUT2D eigenvalue weighted by Gasteiger charge is -2.05. The Morgan fingerprint density at radius 3 is 1.77 bits per heavy atom. The zero-order chi connectivity index (χ0) is 21.1. The minimum Gasteiger partial charge on any atom is -0.388 e. The highest BCUT2D eigenvalue weighted by molar-refractivity contribution is 8.22. The van der Waals surface area contributed by atoms with Crippen LogP contribution in [0, 0.1) is 16.2 Å². The first-order valence-electron chi connectivity index (χ1n) is 6.93. The van der Waals surface area contributed by atoms with Gasteiger partial charge >= 0.3 is 0 Å². The minimum atomic E-state index is 0.0926. The van der Waals surface area contributed by atoms with E-state index in [0.717, 1.165) is 10.1 Å². The van der Waals surface area contributed by atoms with Crippen LogP contribution in [0.1, 0.15) is 6.92 Å². The highest BCUT2D eigenvalue weighted by Gasteiger charge is 1.93. The maximum atomic E-state index is 6.65. The normalized spacial score (nSPS) is 8.04. The number of thioether (sulfide) groups is 2. The fraction of sp³-hybridized carbons (Fsp3) is 0.357. The van der Waals surface area contributed by atoms with Crippen LogP contribution in [0.3, 0.4) is 0 Å². The van der Waals surface area contributed by atoms with Gasteiger partial charge in [0.1, 0.15) is 10.1 Å². The van der Waals surface area contributed by atoms with E-state index in [4.69, 9.17) is 45.6 Å². The van der Waals surface area contributed by atoms with Gasteiger partial charge in [-0.1, -0.05) is 30.0 Å². The van der Waals surface area contributed by atoms with Crippen molar-refractivity contribution in [2.75, 3.05) is 31.9 Å². The summed E-state index contributed by atoms with van der Waals surface area (Å²) < 4.78 is 0.740. The number of aromatic nitrogens is 1. The SMILES string of the molecule is CC(=N)N.CN(C)C(=N)N.CSC(=N)N.CSC(=S)Nc1ccccn1. The van der Waals surface area contributed by atoms with Gasteiger partial charge in [0.15, 0.2) is 11.1 Å². The van der Waals surface area contributed by atoms with Crippen LogP contribution >= 0.6 is 35.7 Å². The molecule has 0 unspecified atom stereocenters. The Morgan fingerprint density at radius 2 is 1.54 bits per heavy atom. The molecule has 0 radical (unpaired) electrons. The van der Waals surface area contributed by atoms with Gasteiger partial charge in [-0.2, -0.15) is 0 Å². The highest BCUT2D eigenvalue weighted by Crippen LogP contribution is 2.04. The van der Waals surface area contributed by atoms with Crippen LogP contribution in [0.15, 0.2) is 24.4 Å². The van der Waals surface area contributed by atoms with Crippen molar-refractivity contribution in [3.05, 3.63) is 24.4 Å². The molecule has 0 saturated carbocycles. The Hall–Kier alpha value is -2.05. The van der Waals surface area contributed by atoms with Crippen molar-refractivity contribution in [2.24, 2.45) is 17.2 Å². The zero-order valence-electron chi connectivity index (χ0n) is 15.7. The Kier molecular flexibility index (Phi) is 21.3. The summed E-state index contributed by atoms with van der Waals surface area (Å²) in [5.74, 6) is 1.06. The summed E-state index contributed by atoms with van der Waals surface area (Å²) in [5, 5.41) is 22.6. The Bertz CT molecular complexity index is 532. The van der Waals surface area contributed by atoms with Crippen LogP contribution in [0.5, 0.6) is 0 Å². The fourth-order valence-corrected chi connectivity index (χ4v) is 0.904. The number of rotatable bonds is 1. The molecular weight excluding hydrogens is 390 g/mol. The van der Waals surface area contributed by atoms with Gasteiger partial charge in [-0.05, 0) is 31.6 Å². The van der Waals surface area contributed by atoms with E-state index in [0.29, 0.717) is 0 Å². The lowest BCUT2D eigenvalue weighted by atomic mass is 10.5. The van der Waals surface area contributed by atoms with E-state index in [1.54, 1.807) is 26.5 Å². The van der Waals surface area contributed by atoms with Crippen LogP contribution in [-0.4, -0.2) is 57.8 Å². The van der Waals surface area contributed by atoms with Crippen molar-refractivity contribution < 1.29 is 0 Å². The predicted molar refractivity (Wildman–Crippen MR) is 123 cm³/mol. The Morgan fingerprint density at radius 1 is 1.12 bits per heavy atom. The molecule has 0 fully saturated rings. The average Bonchev–Trinajstić information content (AvgIpc) is 2.56. The van der Waals surface area contributed by atoms with Crippen molar-refractivity contribution in [2.45, 2.75) is 6.92 Å². The summed E-state index contributed by atoms with van der Waals surface area (Å²) in [6, 6.07) is 5.66. The second kappa shape index (κ2) is 19.3. The van der Waals surface area contributed by atoms with Gasteiger partial charge in [0.25, 0.3) is 0 Å². The molecule has 0 aliphatic heterocycles. The smallest absolute Gasteiger partial charge is 0.187 e. The van der Waals surface area contributed by atoms with Gasteiger partial charge in [-0.15, -0.1) is 11.8 Å². The van der Waals surface area contributed by atoms with E-state index in [1.165, 1.54) is 35.3 Å². The second-order valence-electron chi connectivity index (χ2n) is 4.36. The largest absolute Gasteiger partial charge is 0.388 e. The molecule has 0 amide bonds. The lowest BCUT2D eigenvalue weighted by Crippen LogP contribution is -2.28. The molecule has 0 atom stereocenters. The molecule has 10 N–H and O–H groups in total. The molecule has 26 heavy (non-hydrogen) atoms. The average molecular weight is 420 g/mol. The summed E-state index contributed by atoms with van der Waals surface area (Å²) in [5.41, 5.74) is 14.5. The molecule has 1 aromatic rings. The van der Waals surface area contributed by atoms with Crippen LogP contribution < -0.4 is 22.5 Å². The topological polar surface area (TPSA) is 178 Å². The molecule has 0 bridgehead atoms. The summed E-state index contributed by atoms with van der Waals surface area (Å²) in [4.78, 5) is 5.58. The Balaban J connectivity index is -0.000000301. The van der Waals surface area contributed by atoms with Crippen LogP contribution in [-0.2, 0) is 0 Å². The molecule has 148 valence electrons. The number of amidine groups is 2. The maximum Gasteiger partial charge on any atom is 0.187 e. The van der Waals surface area contributed by atoms with Crippen LogP contribution in [0.2, 0.25) is 0 Å². The van der Waals surface area contributed by atoms with E-state index in [9.17, 15) is 0 Å². The number of thiocarbonyl (C=S) groups is 1. The van der Waals surface area contributed by atoms with Crippen molar-refractivity contribution in [1.29, 1.82) is 16.2 Å². The third kappa shape index (κ3) is 29.9. The number of hydrogen-bond donors (Lipinski definition) is 7. The fourth-order valence-electron chi connectivity index (χ4n) is 0.592. The van der Waals surface area contributed by atoms with Crippen molar-refractivity contribution in [3.63, 3.8) is 0 Å². The minimum absolute atomic E-state index is 0.0926. The number of anilines is 1. The van der Waals surface area contributed by atoms with Crippen molar-refractivity contribution >= 4 is 62.8 Å². The summed E-state index contributed by atoms with van der Waals surface area (Å²) in [6.07, 6.45) is 5.42. The van der Waals surface area contributed by atoms with Gasteiger partial charge in [-0.25, -0.2) is 4.98 Å². The first-order chi connectivity index (χ1) is 12.0. The van der Waals surface area contributed by atoms with E-state index >= 15 is 0 Å². The number of hydrogen-bond acceptors (Lipinski definition) is 7. The van der Waals surface area contributed by atoms with Crippen LogP contribution in [0.25, 0.3) is 0 Å². The lowest BCUT2D eigenvalue weighted by molar-refractivity contribution is 0.609. The number of nitrogens with two attached hydrogens (primary N) is 3. The van der Waals surface area contributed by atoms with Crippen molar-refractivity contribution in [1.82, 2.24) is 9.88 Å². The zero-order valence-corrected chi connectivity index (χ0v) is 18.1. The molecular formula is C14H29N9S3. The Labute approximate surface area is 169 Å². The molecule has 0 saturated heterocycles. The van der Waals surface area contributed by atoms with Crippen molar-refractivity contribution in [3.8, 4) is 0 Å². The molecule has 1 aromatic heterocycles. The second-order valence-corrected chi connectivity index (χ2v) is 6.69. The van der Waals surface area contributed by atoms with Gasteiger partial charge in [-0.3, -0.25) is 16.2 Å². The molecule has 1 heterocycles. The number of pyridine rings is 1. The molecule has 0 aromatic carbocycles. The number of nitrogens with zero attached hydrogens (tertiary/aromatic N) is 2. The van der Waals surface area contributed by atoms with E-state index in [2.05, 4.69) is 10.3 Å². The molecule has 0 aliphatic carbocycles. The van der Waals surface area contributed by atoms with Gasteiger partial charge < -0.3 is 27.4 Å². The van der Waals surface area contributed by atoms with E-state index in [1.807, 2.05) is 24.5 Å². The van der Waals surface area contributed by atoms with E-state index in [-0.39, 0.29) is 17.0 Å². The summed E-state index contributed by atoms with van der Waals surface area (Å²) in [7, 11) is 3.45. The van der Waals surface area contributed by atoms with Gasteiger partial charge in [0.05, 0.1) is 5.84 Å². The molecule has 0 aliphatic rings. The third-order valence-electron chi connectivity index (χ3n) is 1.78. The number of guanidine groups is 1. The molecule has 1 rings (SSSR count). The predicted octanol–water partition coefficient (Wildman–Crippen LogP) is 1.77. The monoisotopic (exact) mass is 419 g/mol. The maximum absolute atomic E-state index is 6.65. The molecule has 9 nitrogen and oxygen atoms in total. The quantitative estimate of drug-likeness (QED) is 0.203. The first kappa shape index (κ1) is 28.7. The first-order valence-corrected chi connectivity index (χ1v) is 9.79. The standard InChI is InChI=1S/C7H8N2S2.C3H9N3.C2H6N2S.C2H6N2/c1-11-7(10)9-6-4-2-3-5-8-6;1-6(2)3(4)5;1-5-2(3)4;1-2(3)4/h2-5H,1H3,(H,8,9,10);1-2H3,(H3,4,5);1H3,(H3,3,4);1H3,(H3,3,4). The molecule has 0 spiro atoms. The highest BCUT2D eigenvalue weighted by atomic mass is 32.2. The summed E-state index contributed by atoms with van der Waals surface area (Å²) in [6.45, 7) is 1.53. The van der Waals surface area contributed by atoms with E-state index < -0.39 is 0 Å². The third-order valence-corrected chi connectivity index (χ3v) is 3.30. The van der Waals surface area contributed by atoms with Crippen LogP contribution in [0.4, 0.5) is 5.82 Å².